The van der Waals surface area contributed by atoms with Crippen LogP contribution in [0, 0.1) is 5.92 Å². The Morgan fingerprint density at radius 3 is 2.44 bits per heavy atom. The number of hydrogen-bond donors (Lipinski definition) is 2. The monoisotopic (exact) mass is 227 g/mol. The zero-order valence-corrected chi connectivity index (χ0v) is 9.88. The highest BCUT2D eigenvalue weighted by molar-refractivity contribution is 6.47. The standard InChI is InChI=1S/C10H18BNO4/c1-10(2,3)16-9(13)12-6-8(7-12)4-5-11(14)15/h4-5,8,14-15H,6-7H2,1-3H3/b5-4+. The summed E-state index contributed by atoms with van der Waals surface area (Å²) in [7, 11) is -1.42. The number of likely N-dealkylation sites (tertiary alicyclic amines) is 1. The van der Waals surface area contributed by atoms with Crippen LogP contribution in [0.5, 0.6) is 0 Å². The maximum Gasteiger partial charge on any atom is 0.480 e. The van der Waals surface area contributed by atoms with Gasteiger partial charge >= 0.3 is 13.2 Å². The van der Waals surface area contributed by atoms with Crippen LogP contribution < -0.4 is 0 Å². The van der Waals surface area contributed by atoms with Crippen LogP contribution in [0.25, 0.3) is 0 Å². The Kier molecular flexibility index (Phi) is 3.99. The third kappa shape index (κ3) is 4.24. The van der Waals surface area contributed by atoms with Crippen LogP contribution in [0.2, 0.25) is 0 Å². The summed E-state index contributed by atoms with van der Waals surface area (Å²) < 4.78 is 5.18. The second-order valence-corrected chi connectivity index (χ2v) is 4.94. The van der Waals surface area contributed by atoms with E-state index < -0.39 is 12.7 Å². The third-order valence-electron chi connectivity index (χ3n) is 2.12. The zero-order valence-electron chi connectivity index (χ0n) is 9.88. The van der Waals surface area contributed by atoms with Gasteiger partial charge in [-0.2, -0.15) is 0 Å². The molecule has 1 fully saturated rings. The van der Waals surface area contributed by atoms with Crippen molar-refractivity contribution in [1.29, 1.82) is 0 Å². The summed E-state index contributed by atoms with van der Waals surface area (Å²) in [6.07, 6.45) is 1.38. The van der Waals surface area contributed by atoms with Crippen LogP contribution in [-0.2, 0) is 4.74 Å². The molecule has 2 N–H and O–H groups in total. The van der Waals surface area contributed by atoms with E-state index in [0.29, 0.717) is 13.1 Å². The first kappa shape index (κ1) is 13.1. The lowest BCUT2D eigenvalue weighted by molar-refractivity contribution is 0.00494. The normalized spacial score (nSPS) is 17.4. The Labute approximate surface area is 95.8 Å². The van der Waals surface area contributed by atoms with Crippen LogP contribution in [0.1, 0.15) is 20.8 Å². The van der Waals surface area contributed by atoms with E-state index >= 15 is 0 Å². The highest BCUT2D eigenvalue weighted by Gasteiger charge is 2.32. The second-order valence-electron chi connectivity index (χ2n) is 4.94. The maximum atomic E-state index is 11.5. The largest absolute Gasteiger partial charge is 0.480 e. The molecule has 0 aromatic heterocycles. The molecular formula is C10H18BNO4. The molecule has 0 aromatic carbocycles. The molecule has 0 saturated carbocycles. The van der Waals surface area contributed by atoms with Crippen LogP contribution >= 0.6 is 0 Å². The van der Waals surface area contributed by atoms with E-state index in [9.17, 15) is 4.79 Å². The molecule has 0 bridgehead atoms. The molecule has 0 aliphatic carbocycles. The van der Waals surface area contributed by atoms with Crippen molar-refractivity contribution in [2.75, 3.05) is 13.1 Å². The van der Waals surface area contributed by atoms with Crippen molar-refractivity contribution < 1.29 is 19.6 Å². The molecule has 1 aliphatic rings. The van der Waals surface area contributed by atoms with E-state index in [1.807, 2.05) is 20.8 Å². The lowest BCUT2D eigenvalue weighted by atomic mass is 9.87. The number of rotatable bonds is 2. The number of carbonyl (C=O) groups excluding carboxylic acids is 1. The number of carbonyl (C=O) groups is 1. The molecule has 0 atom stereocenters. The van der Waals surface area contributed by atoms with E-state index in [0.717, 1.165) is 0 Å². The first-order valence-electron chi connectivity index (χ1n) is 5.30. The van der Waals surface area contributed by atoms with Crippen molar-refractivity contribution in [2.24, 2.45) is 5.92 Å². The summed E-state index contributed by atoms with van der Waals surface area (Å²) in [6.45, 7) is 6.61. The van der Waals surface area contributed by atoms with Gasteiger partial charge in [0.1, 0.15) is 5.60 Å². The highest BCUT2D eigenvalue weighted by Crippen LogP contribution is 2.20. The summed E-state index contributed by atoms with van der Waals surface area (Å²) in [4.78, 5) is 13.1. The minimum Gasteiger partial charge on any atom is -0.444 e. The SMILES string of the molecule is CC(C)(C)OC(=O)N1CC(/C=C/B(O)O)C1. The fraction of sp³-hybridized carbons (Fsp3) is 0.700. The van der Waals surface area contributed by atoms with Gasteiger partial charge in [0.2, 0.25) is 0 Å². The molecule has 5 nitrogen and oxygen atoms in total. The van der Waals surface area contributed by atoms with Gasteiger partial charge in [-0.1, -0.05) is 12.1 Å². The van der Waals surface area contributed by atoms with Gasteiger partial charge in [-0.05, 0) is 20.8 Å². The van der Waals surface area contributed by atoms with Gasteiger partial charge in [-0.3, -0.25) is 0 Å². The van der Waals surface area contributed by atoms with Crippen molar-refractivity contribution in [3.63, 3.8) is 0 Å². The van der Waals surface area contributed by atoms with Crippen molar-refractivity contribution in [3.8, 4) is 0 Å². The smallest absolute Gasteiger partial charge is 0.444 e. The molecule has 6 heteroatoms. The minimum absolute atomic E-state index is 0.189. The van der Waals surface area contributed by atoms with Crippen LogP contribution in [0.15, 0.2) is 12.1 Å². The van der Waals surface area contributed by atoms with Gasteiger partial charge in [0.15, 0.2) is 0 Å². The molecule has 0 spiro atoms. The summed E-state index contributed by atoms with van der Waals surface area (Å²) in [6, 6.07) is 0. The Morgan fingerprint density at radius 1 is 1.44 bits per heavy atom. The minimum atomic E-state index is -1.42. The first-order valence-corrected chi connectivity index (χ1v) is 5.30. The van der Waals surface area contributed by atoms with E-state index in [-0.39, 0.29) is 12.0 Å². The predicted molar refractivity (Wildman–Crippen MR) is 60.6 cm³/mol. The van der Waals surface area contributed by atoms with Crippen LogP contribution in [0.3, 0.4) is 0 Å². The number of amides is 1. The van der Waals surface area contributed by atoms with Crippen LogP contribution in [0.4, 0.5) is 4.79 Å². The molecule has 90 valence electrons. The molecule has 1 heterocycles. The van der Waals surface area contributed by atoms with Crippen molar-refractivity contribution in [1.82, 2.24) is 4.90 Å². The molecule has 1 amide bonds. The number of nitrogens with zero attached hydrogens (tertiary/aromatic N) is 1. The third-order valence-corrected chi connectivity index (χ3v) is 2.12. The van der Waals surface area contributed by atoms with Gasteiger partial charge in [0.05, 0.1) is 0 Å². The second kappa shape index (κ2) is 4.89. The zero-order chi connectivity index (χ0) is 12.3. The van der Waals surface area contributed by atoms with Gasteiger partial charge < -0.3 is 19.7 Å². The van der Waals surface area contributed by atoms with Gasteiger partial charge in [-0.25, -0.2) is 4.79 Å². The van der Waals surface area contributed by atoms with Crippen molar-refractivity contribution >= 4 is 13.2 Å². The fourth-order valence-electron chi connectivity index (χ4n) is 1.37. The first-order chi connectivity index (χ1) is 7.28. The summed E-state index contributed by atoms with van der Waals surface area (Å²) in [5.74, 6) is 1.49. The molecule has 1 aliphatic heterocycles. The molecule has 0 unspecified atom stereocenters. The van der Waals surface area contributed by atoms with Crippen molar-refractivity contribution in [3.05, 3.63) is 12.1 Å². The average Bonchev–Trinajstić information content (AvgIpc) is 1.96. The summed E-state index contributed by atoms with van der Waals surface area (Å²) in [5, 5.41) is 17.2. The summed E-state index contributed by atoms with van der Waals surface area (Å²) >= 11 is 0. The Balaban J connectivity index is 2.28. The molecule has 0 aromatic rings. The highest BCUT2D eigenvalue weighted by atomic mass is 16.6. The number of ether oxygens (including phenoxy) is 1. The van der Waals surface area contributed by atoms with Crippen molar-refractivity contribution in [2.45, 2.75) is 26.4 Å². The average molecular weight is 227 g/mol. The van der Waals surface area contributed by atoms with E-state index in [1.54, 1.807) is 11.0 Å². The Morgan fingerprint density at radius 2 is 2.00 bits per heavy atom. The quantitative estimate of drug-likeness (QED) is 0.671. The van der Waals surface area contributed by atoms with Gasteiger partial charge in [-0.15, -0.1) is 0 Å². The fourth-order valence-corrected chi connectivity index (χ4v) is 1.37. The van der Waals surface area contributed by atoms with E-state index in [4.69, 9.17) is 14.8 Å². The lowest BCUT2D eigenvalue weighted by Gasteiger charge is -2.38. The molecule has 16 heavy (non-hydrogen) atoms. The molecule has 0 radical (unpaired) electrons. The maximum absolute atomic E-state index is 11.5. The summed E-state index contributed by atoms with van der Waals surface area (Å²) in [5.41, 5.74) is -0.473. The molecular weight excluding hydrogens is 209 g/mol. The predicted octanol–water partition coefficient (Wildman–Crippen LogP) is 0.422. The Bertz CT molecular complexity index is 279. The van der Waals surface area contributed by atoms with Gasteiger partial charge in [0.25, 0.3) is 0 Å². The Hall–Kier alpha value is -1.01. The molecule has 1 saturated heterocycles. The molecule has 1 rings (SSSR count). The van der Waals surface area contributed by atoms with E-state index in [2.05, 4.69) is 0 Å². The van der Waals surface area contributed by atoms with Crippen LogP contribution in [-0.4, -0.2) is 46.9 Å². The topological polar surface area (TPSA) is 70.0 Å². The number of hydrogen-bond acceptors (Lipinski definition) is 4. The van der Waals surface area contributed by atoms with Gasteiger partial charge in [0, 0.05) is 19.0 Å². The lowest BCUT2D eigenvalue weighted by Crippen LogP contribution is -2.50. The van der Waals surface area contributed by atoms with E-state index in [1.165, 1.54) is 5.98 Å².